The van der Waals surface area contributed by atoms with Crippen molar-refractivity contribution in [3.05, 3.63) is 34.6 Å². The van der Waals surface area contributed by atoms with Crippen molar-refractivity contribution in [2.24, 2.45) is 4.99 Å². The van der Waals surface area contributed by atoms with E-state index in [1.54, 1.807) is 0 Å². The van der Waals surface area contributed by atoms with Crippen molar-refractivity contribution in [2.75, 3.05) is 0 Å². The van der Waals surface area contributed by atoms with Gasteiger partial charge in [0.2, 0.25) is 0 Å². The second kappa shape index (κ2) is 3.70. The summed E-state index contributed by atoms with van der Waals surface area (Å²) in [4.78, 5) is 3.63. The van der Waals surface area contributed by atoms with Crippen LogP contribution in [0, 0.1) is 5.82 Å². The highest BCUT2D eigenvalue weighted by Gasteiger charge is 2.08. The number of aliphatic imine (C=N–C) groups is 1. The van der Waals surface area contributed by atoms with E-state index in [0.29, 0.717) is 5.69 Å². The molecule has 1 N–H and O–H groups in total. The van der Waals surface area contributed by atoms with Gasteiger partial charge >= 0.3 is 0 Å². The van der Waals surface area contributed by atoms with Gasteiger partial charge < -0.3 is 5.11 Å². The number of benzene rings is 1. The maximum atomic E-state index is 13.0. The van der Waals surface area contributed by atoms with E-state index in [1.165, 1.54) is 6.07 Å². The Morgan fingerprint density at radius 1 is 1.54 bits per heavy atom. The van der Waals surface area contributed by atoms with Crippen LogP contribution in [0.2, 0.25) is 0 Å². The molecule has 68 valence electrons. The Hall–Kier alpha value is -1.16. The van der Waals surface area contributed by atoms with Crippen molar-refractivity contribution in [2.45, 2.75) is 0 Å². The Kier molecular flexibility index (Phi) is 2.83. The predicted octanol–water partition coefficient (Wildman–Crippen LogP) is 3.45. The number of nitrogens with zero attached hydrogens (tertiary/aromatic N) is 1. The Morgan fingerprint density at radius 3 is 2.62 bits per heavy atom. The van der Waals surface area contributed by atoms with E-state index in [9.17, 15) is 4.39 Å². The van der Waals surface area contributed by atoms with Gasteiger partial charge in [0.1, 0.15) is 11.6 Å². The molecule has 0 atom stereocenters. The van der Waals surface area contributed by atoms with Gasteiger partial charge in [0, 0.05) is 5.56 Å². The third kappa shape index (κ3) is 1.95. The smallest absolute Gasteiger partial charge is 0.138 e. The van der Waals surface area contributed by atoms with Crippen LogP contribution in [0.1, 0.15) is 5.56 Å². The SMILES string of the molecule is C=Nc1cc(Br)c(F)cc1C(=C)O. The Balaban J connectivity index is 3.41. The maximum Gasteiger partial charge on any atom is 0.138 e. The highest BCUT2D eigenvalue weighted by Crippen LogP contribution is 2.29. The molecule has 1 rings (SSSR count). The molecule has 0 saturated heterocycles. The zero-order valence-electron chi connectivity index (χ0n) is 6.72. The summed E-state index contributed by atoms with van der Waals surface area (Å²) < 4.78 is 13.3. The first-order valence-corrected chi connectivity index (χ1v) is 4.19. The lowest BCUT2D eigenvalue weighted by Gasteiger charge is -2.04. The minimum Gasteiger partial charge on any atom is -0.508 e. The lowest BCUT2D eigenvalue weighted by Crippen LogP contribution is -1.86. The molecule has 0 spiro atoms. The quantitative estimate of drug-likeness (QED) is 0.627. The topological polar surface area (TPSA) is 32.6 Å². The first kappa shape index (κ1) is 9.92. The predicted molar refractivity (Wildman–Crippen MR) is 55.0 cm³/mol. The van der Waals surface area contributed by atoms with Crippen LogP contribution in [0.15, 0.2) is 28.2 Å². The Morgan fingerprint density at radius 2 is 2.15 bits per heavy atom. The average molecular weight is 244 g/mol. The lowest BCUT2D eigenvalue weighted by atomic mass is 10.1. The summed E-state index contributed by atoms with van der Waals surface area (Å²) in [5.74, 6) is -0.702. The van der Waals surface area contributed by atoms with Crippen molar-refractivity contribution in [3.63, 3.8) is 0 Å². The van der Waals surface area contributed by atoms with Gasteiger partial charge in [-0.05, 0) is 34.8 Å². The average Bonchev–Trinajstić information content (AvgIpc) is 2.08. The number of rotatable bonds is 2. The highest BCUT2D eigenvalue weighted by molar-refractivity contribution is 9.10. The molecule has 1 aromatic rings. The Bertz CT molecular complexity index is 376. The van der Waals surface area contributed by atoms with Crippen molar-refractivity contribution < 1.29 is 9.50 Å². The molecule has 0 fully saturated rings. The largest absolute Gasteiger partial charge is 0.508 e. The van der Waals surface area contributed by atoms with Gasteiger partial charge in [0.25, 0.3) is 0 Å². The van der Waals surface area contributed by atoms with Gasteiger partial charge in [0.15, 0.2) is 0 Å². The molecule has 0 aliphatic heterocycles. The molecule has 0 aliphatic rings. The summed E-state index contributed by atoms with van der Waals surface area (Å²) in [6, 6.07) is 2.58. The van der Waals surface area contributed by atoms with Crippen LogP contribution in [-0.4, -0.2) is 11.8 Å². The normalized spacial score (nSPS) is 9.69. The molecule has 0 unspecified atom stereocenters. The minimum atomic E-state index is -0.474. The number of aliphatic hydroxyl groups excluding tert-OH is 1. The molecule has 4 heteroatoms. The first-order valence-electron chi connectivity index (χ1n) is 3.40. The summed E-state index contributed by atoms with van der Waals surface area (Å²) in [6.07, 6.45) is 0. The van der Waals surface area contributed by atoms with Crippen molar-refractivity contribution in [3.8, 4) is 0 Å². The van der Waals surface area contributed by atoms with Crippen molar-refractivity contribution in [1.82, 2.24) is 0 Å². The molecule has 1 aromatic carbocycles. The number of halogens is 2. The van der Waals surface area contributed by atoms with E-state index in [2.05, 4.69) is 34.2 Å². The number of aliphatic hydroxyl groups is 1. The van der Waals surface area contributed by atoms with Crippen LogP contribution >= 0.6 is 15.9 Å². The zero-order valence-corrected chi connectivity index (χ0v) is 8.31. The van der Waals surface area contributed by atoms with Crippen molar-refractivity contribution >= 4 is 34.1 Å². The van der Waals surface area contributed by atoms with Crippen LogP contribution in [0.4, 0.5) is 10.1 Å². The van der Waals surface area contributed by atoms with Crippen LogP contribution in [0.25, 0.3) is 5.76 Å². The van der Waals surface area contributed by atoms with Gasteiger partial charge in [-0.2, -0.15) is 0 Å². The minimum absolute atomic E-state index is 0.228. The fourth-order valence-corrected chi connectivity index (χ4v) is 1.23. The number of hydrogen-bond acceptors (Lipinski definition) is 2. The summed E-state index contributed by atoms with van der Waals surface area (Å²) in [5, 5.41) is 9.09. The second-order valence-electron chi connectivity index (χ2n) is 2.39. The van der Waals surface area contributed by atoms with E-state index in [4.69, 9.17) is 5.11 Å². The van der Waals surface area contributed by atoms with Crippen LogP contribution < -0.4 is 0 Å². The molecule has 0 heterocycles. The highest BCUT2D eigenvalue weighted by atomic mass is 79.9. The fourth-order valence-electron chi connectivity index (χ4n) is 0.898. The van der Waals surface area contributed by atoms with Gasteiger partial charge in [-0.3, -0.25) is 4.99 Å². The Labute approximate surface area is 83.6 Å². The van der Waals surface area contributed by atoms with E-state index >= 15 is 0 Å². The molecule has 13 heavy (non-hydrogen) atoms. The molecule has 0 bridgehead atoms. The van der Waals surface area contributed by atoms with E-state index in [-0.39, 0.29) is 15.8 Å². The van der Waals surface area contributed by atoms with E-state index in [1.807, 2.05) is 0 Å². The van der Waals surface area contributed by atoms with Gasteiger partial charge in [0.05, 0.1) is 10.2 Å². The van der Waals surface area contributed by atoms with Gasteiger partial charge in [-0.25, -0.2) is 4.39 Å². The second-order valence-corrected chi connectivity index (χ2v) is 3.24. The molecule has 2 nitrogen and oxygen atoms in total. The van der Waals surface area contributed by atoms with E-state index in [0.717, 1.165) is 6.07 Å². The molecule has 0 radical (unpaired) electrons. The van der Waals surface area contributed by atoms with Gasteiger partial charge in [-0.15, -0.1) is 0 Å². The molecular formula is C9H7BrFNO. The fraction of sp³-hybridized carbons (Fsp3) is 0. The maximum absolute atomic E-state index is 13.0. The van der Waals surface area contributed by atoms with Crippen LogP contribution in [0.3, 0.4) is 0 Å². The summed E-state index contributed by atoms with van der Waals surface area (Å²) in [7, 11) is 0. The number of hydrogen-bond donors (Lipinski definition) is 1. The van der Waals surface area contributed by atoms with Crippen LogP contribution in [0.5, 0.6) is 0 Å². The summed E-state index contributed by atoms with van der Waals surface area (Å²) >= 11 is 3.00. The lowest BCUT2D eigenvalue weighted by molar-refractivity contribution is 0.512. The molecule has 0 saturated carbocycles. The summed E-state index contributed by atoms with van der Waals surface area (Å²) in [6.45, 7) is 6.59. The van der Waals surface area contributed by atoms with E-state index < -0.39 is 5.82 Å². The molecule has 0 amide bonds. The molecular weight excluding hydrogens is 237 g/mol. The molecule has 0 aliphatic carbocycles. The summed E-state index contributed by atoms with van der Waals surface area (Å²) in [5.41, 5.74) is 0.636. The van der Waals surface area contributed by atoms with Gasteiger partial charge in [-0.1, -0.05) is 6.58 Å². The zero-order chi connectivity index (χ0) is 10.0. The third-order valence-corrected chi connectivity index (χ3v) is 2.13. The monoisotopic (exact) mass is 243 g/mol. The first-order chi connectivity index (χ1) is 6.06. The third-order valence-electron chi connectivity index (χ3n) is 1.52. The molecule has 0 aromatic heterocycles. The van der Waals surface area contributed by atoms with Crippen molar-refractivity contribution in [1.29, 1.82) is 0 Å². The van der Waals surface area contributed by atoms with Crippen LogP contribution in [-0.2, 0) is 0 Å². The standard InChI is InChI=1S/C9H7BrFNO/c1-5(13)6-3-8(11)7(10)4-9(6)12-2/h3-4,13H,1-2H2.